The fourth-order valence-electron chi connectivity index (χ4n) is 2.51. The van der Waals surface area contributed by atoms with Crippen molar-refractivity contribution in [1.29, 1.82) is 0 Å². The van der Waals surface area contributed by atoms with Crippen LogP contribution >= 0.6 is 15.2 Å². The minimum atomic E-state index is -3.05. The summed E-state index contributed by atoms with van der Waals surface area (Å²) in [6.07, 6.45) is 3.52. The molecule has 0 heterocycles. The maximum atomic E-state index is 12.7. The number of hydrogen-bond donors (Lipinski definition) is 0. The summed E-state index contributed by atoms with van der Waals surface area (Å²) in [7, 11) is -6.11. The molecule has 0 saturated carbocycles. The van der Waals surface area contributed by atoms with Crippen LogP contribution in [-0.2, 0) is 27.2 Å². The molecule has 0 aliphatic heterocycles. The third kappa shape index (κ3) is 13.5. The van der Waals surface area contributed by atoms with Gasteiger partial charge < -0.3 is 18.1 Å². The van der Waals surface area contributed by atoms with E-state index in [0.717, 1.165) is 25.7 Å². The van der Waals surface area contributed by atoms with Gasteiger partial charge in [0, 0.05) is 0 Å². The van der Waals surface area contributed by atoms with Gasteiger partial charge in [-0.3, -0.25) is 9.13 Å². The predicted octanol–water partition coefficient (Wildman–Crippen LogP) is 6.63. The Balaban J connectivity index is 4.33. The Bertz CT molecular complexity index is 393. The highest BCUT2D eigenvalue weighted by atomic mass is 31.2. The summed E-state index contributed by atoms with van der Waals surface area (Å²) < 4.78 is 47.7. The Morgan fingerprint density at radius 2 is 0.731 bits per heavy atom. The van der Waals surface area contributed by atoms with Crippen LogP contribution in [0, 0.1) is 0 Å². The van der Waals surface area contributed by atoms with Crippen LogP contribution in [0.25, 0.3) is 0 Å². The van der Waals surface area contributed by atoms with Crippen LogP contribution < -0.4 is 0 Å². The molecule has 26 heavy (non-hydrogen) atoms. The minimum absolute atomic E-state index is 0.133. The normalized spacial score (nSPS) is 13.5. The largest absolute Gasteiger partial charge is 0.331 e. The molecule has 0 aliphatic rings. The molecule has 6 nitrogen and oxygen atoms in total. The van der Waals surface area contributed by atoms with Gasteiger partial charge in [-0.25, -0.2) is 0 Å². The van der Waals surface area contributed by atoms with Crippen LogP contribution in [-0.4, -0.2) is 36.7 Å². The molecular weight excluding hydrogens is 374 g/mol. The van der Waals surface area contributed by atoms with Crippen molar-refractivity contribution in [2.45, 2.75) is 105 Å². The van der Waals surface area contributed by atoms with Crippen LogP contribution in [0.3, 0.4) is 0 Å². The van der Waals surface area contributed by atoms with Crippen molar-refractivity contribution < 1.29 is 27.2 Å². The second-order valence-corrected chi connectivity index (χ2v) is 11.9. The lowest BCUT2D eigenvalue weighted by Gasteiger charge is -2.23. The van der Waals surface area contributed by atoms with Crippen molar-refractivity contribution in [1.82, 2.24) is 0 Å². The Kier molecular flexibility index (Phi) is 12.8. The summed E-state index contributed by atoms with van der Waals surface area (Å²) in [6, 6.07) is 0. The highest BCUT2D eigenvalue weighted by Gasteiger charge is 2.28. The number of unbranched alkanes of at least 4 members (excludes halogenated alkanes) is 3. The molecular formula is C18H40O6P2. The predicted molar refractivity (Wildman–Crippen MR) is 108 cm³/mol. The molecule has 0 fully saturated rings. The quantitative estimate of drug-likeness (QED) is 0.221. The van der Waals surface area contributed by atoms with Crippen molar-refractivity contribution in [3.05, 3.63) is 0 Å². The van der Waals surface area contributed by atoms with Crippen LogP contribution in [0.15, 0.2) is 0 Å². The molecule has 0 saturated heterocycles. The van der Waals surface area contributed by atoms with Gasteiger partial charge in [-0.1, -0.05) is 12.8 Å². The lowest BCUT2D eigenvalue weighted by molar-refractivity contribution is 0.140. The lowest BCUT2D eigenvalue weighted by atomic mass is 10.2. The van der Waals surface area contributed by atoms with Gasteiger partial charge in [-0.2, -0.15) is 0 Å². The highest BCUT2D eigenvalue weighted by Crippen LogP contribution is 2.52. The SMILES string of the molecule is CC(C)OP(=O)(CCCCCCP(=O)(OC(C)C)OC(C)C)OC(C)C. The van der Waals surface area contributed by atoms with E-state index in [-0.39, 0.29) is 24.4 Å². The molecule has 8 heteroatoms. The van der Waals surface area contributed by atoms with E-state index in [2.05, 4.69) is 0 Å². The molecule has 0 radical (unpaired) electrons. The van der Waals surface area contributed by atoms with E-state index < -0.39 is 15.2 Å². The maximum Gasteiger partial charge on any atom is 0.331 e. The third-order valence-corrected chi connectivity index (χ3v) is 7.80. The van der Waals surface area contributed by atoms with Crippen molar-refractivity contribution in [3.63, 3.8) is 0 Å². The summed E-state index contributed by atoms with van der Waals surface area (Å²) in [5.41, 5.74) is 0. The average molecular weight is 414 g/mol. The Morgan fingerprint density at radius 3 is 0.923 bits per heavy atom. The Labute approximate surface area is 160 Å². The first-order valence-corrected chi connectivity index (χ1v) is 13.2. The van der Waals surface area contributed by atoms with Gasteiger partial charge in [0.1, 0.15) is 0 Å². The van der Waals surface area contributed by atoms with Gasteiger partial charge in [-0.15, -0.1) is 0 Å². The van der Waals surface area contributed by atoms with E-state index in [1.165, 1.54) is 0 Å². The highest BCUT2D eigenvalue weighted by molar-refractivity contribution is 7.54. The van der Waals surface area contributed by atoms with Gasteiger partial charge in [0.05, 0.1) is 36.7 Å². The number of rotatable bonds is 15. The van der Waals surface area contributed by atoms with Crippen LogP contribution in [0.5, 0.6) is 0 Å². The maximum absolute atomic E-state index is 12.7. The average Bonchev–Trinajstić information content (AvgIpc) is 2.38. The summed E-state index contributed by atoms with van der Waals surface area (Å²) in [6.45, 7) is 14.9. The Morgan fingerprint density at radius 1 is 0.500 bits per heavy atom. The molecule has 0 rings (SSSR count). The molecule has 0 bridgehead atoms. The Hall–Kier alpha value is 0.300. The monoisotopic (exact) mass is 414 g/mol. The summed E-state index contributed by atoms with van der Waals surface area (Å²) in [5.74, 6) is 0. The molecule has 0 spiro atoms. The summed E-state index contributed by atoms with van der Waals surface area (Å²) >= 11 is 0. The molecule has 0 unspecified atom stereocenters. The van der Waals surface area contributed by atoms with Crippen LogP contribution in [0.2, 0.25) is 0 Å². The molecule has 0 amide bonds. The first-order valence-electron chi connectivity index (χ1n) is 9.79. The zero-order valence-corrected chi connectivity index (χ0v) is 19.7. The fourth-order valence-corrected chi connectivity index (χ4v) is 6.82. The zero-order chi connectivity index (χ0) is 20.4. The molecule has 0 aromatic carbocycles. The molecule has 0 aromatic heterocycles. The van der Waals surface area contributed by atoms with E-state index in [0.29, 0.717) is 12.3 Å². The molecule has 0 N–H and O–H groups in total. The number of hydrogen-bond acceptors (Lipinski definition) is 6. The molecule has 0 aromatic rings. The topological polar surface area (TPSA) is 71.1 Å². The van der Waals surface area contributed by atoms with E-state index >= 15 is 0 Å². The minimum Gasteiger partial charge on any atom is -0.306 e. The van der Waals surface area contributed by atoms with Crippen LogP contribution in [0.4, 0.5) is 0 Å². The van der Waals surface area contributed by atoms with Crippen molar-refractivity contribution in [3.8, 4) is 0 Å². The zero-order valence-electron chi connectivity index (χ0n) is 17.9. The first-order chi connectivity index (χ1) is 11.9. The first kappa shape index (κ1) is 26.3. The lowest BCUT2D eigenvalue weighted by Crippen LogP contribution is -2.11. The van der Waals surface area contributed by atoms with E-state index in [1.54, 1.807) is 0 Å². The molecule has 158 valence electrons. The van der Waals surface area contributed by atoms with Gasteiger partial charge in [-0.05, 0) is 68.2 Å². The third-order valence-electron chi connectivity index (χ3n) is 3.10. The standard InChI is InChI=1S/C18H40O6P2/c1-15(2)21-25(19,22-16(3)4)13-11-9-10-12-14-26(20,23-17(5)6)24-18(7)8/h15-18H,9-14H2,1-8H3. The van der Waals surface area contributed by atoms with Gasteiger partial charge >= 0.3 is 15.2 Å². The second-order valence-electron chi connectivity index (χ2n) is 7.70. The smallest absolute Gasteiger partial charge is 0.306 e. The molecule has 0 atom stereocenters. The second kappa shape index (κ2) is 12.7. The van der Waals surface area contributed by atoms with E-state index in [1.807, 2.05) is 55.4 Å². The van der Waals surface area contributed by atoms with Gasteiger partial charge in [0.25, 0.3) is 0 Å². The van der Waals surface area contributed by atoms with Crippen molar-refractivity contribution in [2.75, 3.05) is 12.3 Å². The van der Waals surface area contributed by atoms with Crippen molar-refractivity contribution in [2.24, 2.45) is 0 Å². The van der Waals surface area contributed by atoms with Crippen molar-refractivity contribution >= 4 is 15.2 Å². The summed E-state index contributed by atoms with van der Waals surface area (Å²) in [4.78, 5) is 0. The van der Waals surface area contributed by atoms with E-state index in [9.17, 15) is 9.13 Å². The van der Waals surface area contributed by atoms with E-state index in [4.69, 9.17) is 18.1 Å². The summed E-state index contributed by atoms with van der Waals surface area (Å²) in [5, 5.41) is 0. The van der Waals surface area contributed by atoms with Gasteiger partial charge in [0.15, 0.2) is 0 Å². The van der Waals surface area contributed by atoms with Crippen LogP contribution in [0.1, 0.15) is 81.1 Å². The van der Waals surface area contributed by atoms with Gasteiger partial charge in [0.2, 0.25) is 0 Å². The molecule has 0 aliphatic carbocycles. The fraction of sp³-hybridized carbons (Fsp3) is 1.00.